The molecule has 3 aromatic carbocycles. The lowest BCUT2D eigenvalue weighted by Gasteiger charge is -2.34. The van der Waals surface area contributed by atoms with Crippen LogP contribution in [0.15, 0.2) is 83.3 Å². The lowest BCUT2D eigenvalue weighted by atomic mass is 9.93. The number of nitrogens with one attached hydrogen (secondary N) is 1. The van der Waals surface area contributed by atoms with Crippen molar-refractivity contribution in [1.29, 1.82) is 0 Å². The van der Waals surface area contributed by atoms with Crippen LogP contribution in [0.1, 0.15) is 62.5 Å². The van der Waals surface area contributed by atoms with Crippen molar-refractivity contribution >= 4 is 56.6 Å². The van der Waals surface area contributed by atoms with Crippen molar-refractivity contribution in [3.8, 4) is 27.7 Å². The summed E-state index contributed by atoms with van der Waals surface area (Å²) in [5, 5.41) is 3.08. The SMILES string of the molecule is COC(=O)c1sc(-c2cccc(N(C(=O)Nc3ccc(Oc4ccccc4)cc3)C3CCCCC3)c2)c(Br)c1OCC(=O)OC(C)(C)C. The second-order valence-corrected chi connectivity index (χ2v) is 14.2. The van der Waals surface area contributed by atoms with Crippen LogP contribution < -0.4 is 19.7 Å². The van der Waals surface area contributed by atoms with Crippen molar-refractivity contribution < 1.29 is 33.3 Å². The lowest BCUT2D eigenvalue weighted by Crippen LogP contribution is -2.44. The minimum Gasteiger partial charge on any atom is -0.479 e. The van der Waals surface area contributed by atoms with Crippen LogP contribution in [-0.2, 0) is 14.3 Å². The predicted octanol–water partition coefficient (Wildman–Crippen LogP) is 9.85. The zero-order valence-corrected chi connectivity index (χ0v) is 29.8. The van der Waals surface area contributed by atoms with E-state index in [1.807, 2.05) is 83.8 Å². The number of ether oxygens (including phenoxy) is 4. The van der Waals surface area contributed by atoms with Gasteiger partial charge in [0.2, 0.25) is 0 Å². The molecule has 0 unspecified atom stereocenters. The average molecular weight is 736 g/mol. The highest BCUT2D eigenvalue weighted by atomic mass is 79.9. The van der Waals surface area contributed by atoms with Crippen LogP contribution in [0.3, 0.4) is 0 Å². The molecule has 252 valence electrons. The molecule has 48 heavy (non-hydrogen) atoms. The van der Waals surface area contributed by atoms with Crippen molar-refractivity contribution in [2.45, 2.75) is 64.5 Å². The van der Waals surface area contributed by atoms with E-state index < -0.39 is 17.5 Å². The first kappa shape index (κ1) is 35.0. The molecule has 0 radical (unpaired) electrons. The van der Waals surface area contributed by atoms with E-state index in [2.05, 4.69) is 21.2 Å². The van der Waals surface area contributed by atoms with Crippen LogP contribution in [-0.4, -0.2) is 43.3 Å². The molecular formula is C37H39BrN2O7S. The summed E-state index contributed by atoms with van der Waals surface area (Å²) < 4.78 is 22.6. The number of methoxy groups -OCH3 is 1. The Bertz CT molecular complexity index is 1730. The zero-order chi connectivity index (χ0) is 34.3. The number of rotatable bonds is 10. The Morgan fingerprint density at radius 2 is 1.60 bits per heavy atom. The van der Waals surface area contributed by atoms with Crippen LogP contribution in [0, 0.1) is 0 Å². The van der Waals surface area contributed by atoms with Gasteiger partial charge in [-0.3, -0.25) is 4.90 Å². The maximum absolute atomic E-state index is 14.0. The van der Waals surface area contributed by atoms with Crippen molar-refractivity contribution in [3.63, 3.8) is 0 Å². The maximum atomic E-state index is 14.0. The normalized spacial score (nSPS) is 13.4. The molecule has 4 aromatic rings. The highest BCUT2D eigenvalue weighted by Gasteiger charge is 2.30. The van der Waals surface area contributed by atoms with Crippen LogP contribution in [0.5, 0.6) is 17.2 Å². The number of hydrogen-bond acceptors (Lipinski definition) is 8. The number of carbonyl (C=O) groups excluding carboxylic acids is 3. The largest absolute Gasteiger partial charge is 0.479 e. The summed E-state index contributed by atoms with van der Waals surface area (Å²) in [5.41, 5.74) is 1.45. The Labute approximate surface area is 293 Å². The maximum Gasteiger partial charge on any atom is 0.351 e. The molecule has 0 atom stereocenters. The summed E-state index contributed by atoms with van der Waals surface area (Å²) in [6.07, 6.45) is 4.99. The molecule has 1 saturated carbocycles. The van der Waals surface area contributed by atoms with Gasteiger partial charge in [0, 0.05) is 17.4 Å². The van der Waals surface area contributed by atoms with Gasteiger partial charge in [0.1, 0.15) is 17.1 Å². The zero-order valence-electron chi connectivity index (χ0n) is 27.4. The molecule has 0 saturated heterocycles. The van der Waals surface area contributed by atoms with Gasteiger partial charge in [-0.25, -0.2) is 14.4 Å². The van der Waals surface area contributed by atoms with Gasteiger partial charge in [-0.05, 0) is 104 Å². The first-order valence-electron chi connectivity index (χ1n) is 15.8. The standard InChI is InChI=1S/C37H39BrN2O7S/c1-37(2,3)47-30(41)23-45-32-31(38)33(48-34(32)35(42)44-4)24-12-11-15-27(22-24)40(26-13-7-5-8-14-26)36(43)39-25-18-20-29(21-19-25)46-28-16-9-6-10-17-28/h6,9-12,15-22,26H,5,7-8,13-14,23H2,1-4H3,(H,39,43). The van der Waals surface area contributed by atoms with Crippen molar-refractivity contribution in [2.75, 3.05) is 23.9 Å². The molecule has 5 rings (SSSR count). The van der Waals surface area contributed by atoms with Crippen LogP contribution in [0.25, 0.3) is 10.4 Å². The number of anilines is 2. The molecule has 11 heteroatoms. The van der Waals surface area contributed by atoms with Crippen LogP contribution in [0.4, 0.5) is 16.2 Å². The fourth-order valence-corrected chi connectivity index (χ4v) is 7.45. The fourth-order valence-electron chi connectivity index (χ4n) is 5.48. The molecule has 2 amide bonds. The first-order chi connectivity index (χ1) is 23.0. The van der Waals surface area contributed by atoms with Gasteiger partial charge in [0.05, 0.1) is 16.5 Å². The van der Waals surface area contributed by atoms with Gasteiger partial charge in [-0.15, -0.1) is 11.3 Å². The molecular weight excluding hydrogens is 696 g/mol. The number of benzene rings is 3. The molecule has 0 bridgehead atoms. The average Bonchev–Trinajstić information content (AvgIpc) is 3.40. The smallest absolute Gasteiger partial charge is 0.351 e. The summed E-state index contributed by atoms with van der Waals surface area (Å²) in [7, 11) is 1.29. The van der Waals surface area contributed by atoms with Crippen molar-refractivity contribution in [1.82, 2.24) is 0 Å². The number of halogens is 1. The van der Waals surface area contributed by atoms with Gasteiger partial charge in [0.15, 0.2) is 17.2 Å². The van der Waals surface area contributed by atoms with Gasteiger partial charge in [0.25, 0.3) is 0 Å². The topological polar surface area (TPSA) is 103 Å². The van der Waals surface area contributed by atoms with Gasteiger partial charge in [-0.1, -0.05) is 49.6 Å². The molecule has 1 heterocycles. The van der Waals surface area contributed by atoms with E-state index in [0.717, 1.165) is 49.1 Å². The number of thiophene rings is 1. The molecule has 1 fully saturated rings. The number of hydrogen-bond donors (Lipinski definition) is 1. The number of para-hydroxylation sites is 1. The number of amides is 2. The van der Waals surface area contributed by atoms with Crippen molar-refractivity contribution in [3.05, 3.63) is 88.2 Å². The first-order valence-corrected chi connectivity index (χ1v) is 17.4. The molecule has 1 aliphatic carbocycles. The minimum absolute atomic E-state index is 0.0137. The number of esters is 2. The highest BCUT2D eigenvalue weighted by Crippen LogP contribution is 2.47. The number of urea groups is 1. The van der Waals surface area contributed by atoms with Gasteiger partial charge in [-0.2, -0.15) is 0 Å². The monoisotopic (exact) mass is 734 g/mol. The van der Waals surface area contributed by atoms with Crippen LogP contribution >= 0.6 is 27.3 Å². The Kier molecular flexibility index (Phi) is 11.4. The lowest BCUT2D eigenvalue weighted by molar-refractivity contribution is -0.157. The third-order valence-electron chi connectivity index (χ3n) is 7.56. The second kappa shape index (κ2) is 15.7. The third kappa shape index (κ3) is 8.96. The van der Waals surface area contributed by atoms with Crippen LogP contribution in [0.2, 0.25) is 0 Å². The summed E-state index contributed by atoms with van der Waals surface area (Å²) in [5.74, 6) is 0.437. The van der Waals surface area contributed by atoms with Crippen molar-refractivity contribution in [2.24, 2.45) is 0 Å². The number of nitrogens with zero attached hydrogens (tertiary/aromatic N) is 1. The van der Waals surface area contributed by atoms with E-state index in [4.69, 9.17) is 18.9 Å². The van der Waals surface area contributed by atoms with Gasteiger partial charge < -0.3 is 24.3 Å². The summed E-state index contributed by atoms with van der Waals surface area (Å²) >= 11 is 4.78. The van der Waals surface area contributed by atoms with E-state index in [1.165, 1.54) is 18.4 Å². The van der Waals surface area contributed by atoms with E-state index >= 15 is 0 Å². The molecule has 1 N–H and O–H groups in total. The van der Waals surface area contributed by atoms with E-state index in [9.17, 15) is 14.4 Å². The van der Waals surface area contributed by atoms with Gasteiger partial charge >= 0.3 is 18.0 Å². The summed E-state index contributed by atoms with van der Waals surface area (Å²) in [6, 6.07) is 24.2. The summed E-state index contributed by atoms with van der Waals surface area (Å²) in [4.78, 5) is 41.9. The molecule has 0 spiro atoms. The molecule has 1 aliphatic rings. The fraction of sp³-hybridized carbons (Fsp3) is 0.324. The Morgan fingerprint density at radius 1 is 0.917 bits per heavy atom. The third-order valence-corrected chi connectivity index (χ3v) is 9.78. The Balaban J connectivity index is 1.41. The highest BCUT2D eigenvalue weighted by molar-refractivity contribution is 9.10. The molecule has 0 aliphatic heterocycles. The molecule has 9 nitrogen and oxygen atoms in total. The predicted molar refractivity (Wildman–Crippen MR) is 191 cm³/mol. The van der Waals surface area contributed by atoms with E-state index in [0.29, 0.717) is 20.8 Å². The molecule has 1 aromatic heterocycles. The number of carbonyl (C=O) groups is 3. The summed E-state index contributed by atoms with van der Waals surface area (Å²) in [6.45, 7) is 4.92. The van der Waals surface area contributed by atoms with E-state index in [-0.39, 0.29) is 29.3 Å². The quantitative estimate of drug-likeness (QED) is 0.162. The Morgan fingerprint density at radius 3 is 2.27 bits per heavy atom. The Hall–Kier alpha value is -4.35. The van der Waals surface area contributed by atoms with E-state index in [1.54, 1.807) is 20.8 Å². The minimum atomic E-state index is -0.681. The second-order valence-electron chi connectivity index (χ2n) is 12.4.